The molecule has 0 bridgehead atoms. The summed E-state index contributed by atoms with van der Waals surface area (Å²) in [5, 5.41) is 4.14. The summed E-state index contributed by atoms with van der Waals surface area (Å²) >= 11 is 0. The average Bonchev–Trinajstić information content (AvgIpc) is 2.99. The number of aromatic nitrogens is 2. The van der Waals surface area contributed by atoms with Gasteiger partial charge in [0.1, 0.15) is 6.54 Å². The Kier molecular flexibility index (Phi) is 2.81. The van der Waals surface area contributed by atoms with Gasteiger partial charge in [-0.1, -0.05) is 0 Å². The molecule has 0 saturated carbocycles. The van der Waals surface area contributed by atoms with Gasteiger partial charge < -0.3 is 4.90 Å². The Bertz CT molecular complexity index is 535. The van der Waals surface area contributed by atoms with Gasteiger partial charge in [0.2, 0.25) is 17.7 Å². The van der Waals surface area contributed by atoms with Crippen LogP contribution in [0.4, 0.5) is 0 Å². The van der Waals surface area contributed by atoms with E-state index in [9.17, 15) is 14.4 Å². The first kappa shape index (κ1) is 11.9. The predicted octanol–water partition coefficient (Wildman–Crippen LogP) is -0.626. The van der Waals surface area contributed by atoms with Crippen LogP contribution in [0.25, 0.3) is 0 Å². The van der Waals surface area contributed by atoms with Gasteiger partial charge in [-0.2, -0.15) is 5.10 Å². The highest BCUT2D eigenvalue weighted by Gasteiger charge is 2.32. The third-order valence-electron chi connectivity index (χ3n) is 3.54. The van der Waals surface area contributed by atoms with Crippen LogP contribution in [0.1, 0.15) is 18.5 Å². The molecule has 100 valence electrons. The van der Waals surface area contributed by atoms with E-state index in [1.54, 1.807) is 11.1 Å². The van der Waals surface area contributed by atoms with Crippen molar-refractivity contribution in [1.29, 1.82) is 0 Å². The minimum absolute atomic E-state index is 0.133. The van der Waals surface area contributed by atoms with Gasteiger partial charge in [0.15, 0.2) is 0 Å². The van der Waals surface area contributed by atoms with Crippen LogP contribution in [-0.2, 0) is 27.5 Å². The molecule has 2 aliphatic heterocycles. The highest BCUT2D eigenvalue weighted by Crippen LogP contribution is 2.14. The van der Waals surface area contributed by atoms with Crippen LogP contribution in [0.15, 0.2) is 12.3 Å². The van der Waals surface area contributed by atoms with Gasteiger partial charge in [0.05, 0.1) is 18.8 Å². The molecule has 2 aliphatic rings. The predicted molar refractivity (Wildman–Crippen MR) is 63.6 cm³/mol. The minimum atomic E-state index is -0.250. The van der Waals surface area contributed by atoms with Crippen molar-refractivity contribution in [3.63, 3.8) is 0 Å². The Morgan fingerprint density at radius 1 is 1.21 bits per heavy atom. The van der Waals surface area contributed by atoms with Gasteiger partial charge in [-0.15, -0.1) is 0 Å². The van der Waals surface area contributed by atoms with Crippen LogP contribution < -0.4 is 0 Å². The maximum atomic E-state index is 12.1. The van der Waals surface area contributed by atoms with Crippen molar-refractivity contribution in [2.24, 2.45) is 0 Å². The summed E-state index contributed by atoms with van der Waals surface area (Å²) in [5.74, 6) is -0.683. The molecule has 3 rings (SSSR count). The fourth-order valence-corrected chi connectivity index (χ4v) is 2.43. The average molecular weight is 262 g/mol. The molecular formula is C12H14N4O3. The molecule has 7 heteroatoms. The lowest BCUT2D eigenvalue weighted by Gasteiger charge is -2.29. The number of amides is 3. The molecule has 3 amide bonds. The highest BCUT2D eigenvalue weighted by atomic mass is 16.2. The van der Waals surface area contributed by atoms with Crippen molar-refractivity contribution >= 4 is 17.7 Å². The Morgan fingerprint density at radius 2 is 1.95 bits per heavy atom. The second kappa shape index (κ2) is 4.49. The number of fused-ring (bicyclic) bond motifs is 1. The third kappa shape index (κ3) is 2.11. The van der Waals surface area contributed by atoms with E-state index < -0.39 is 0 Å². The topological polar surface area (TPSA) is 75.5 Å². The van der Waals surface area contributed by atoms with Crippen LogP contribution >= 0.6 is 0 Å². The van der Waals surface area contributed by atoms with E-state index in [1.165, 1.54) is 0 Å². The number of hydrogen-bond donors (Lipinski definition) is 0. The summed E-state index contributed by atoms with van der Waals surface area (Å²) < 4.78 is 1.86. The number of imide groups is 1. The SMILES string of the molecule is O=C(CN1C(=O)CCC1=O)N1CCn2nccc2C1. The van der Waals surface area contributed by atoms with E-state index >= 15 is 0 Å². The minimum Gasteiger partial charge on any atom is -0.333 e. The van der Waals surface area contributed by atoms with Crippen molar-refractivity contribution in [3.05, 3.63) is 18.0 Å². The Morgan fingerprint density at radius 3 is 2.68 bits per heavy atom. The van der Waals surface area contributed by atoms with E-state index in [1.807, 2.05) is 10.7 Å². The molecule has 0 spiro atoms. The lowest BCUT2D eigenvalue weighted by molar-refractivity contribution is -0.146. The number of carbonyl (C=O) groups excluding carboxylic acids is 3. The fraction of sp³-hybridized carbons (Fsp3) is 0.500. The first-order chi connectivity index (χ1) is 9.15. The maximum absolute atomic E-state index is 12.1. The van der Waals surface area contributed by atoms with Crippen LogP contribution in [0.3, 0.4) is 0 Å². The molecule has 7 nitrogen and oxygen atoms in total. The van der Waals surface area contributed by atoms with E-state index in [4.69, 9.17) is 0 Å². The molecule has 19 heavy (non-hydrogen) atoms. The molecule has 1 aromatic heterocycles. The maximum Gasteiger partial charge on any atom is 0.243 e. The number of rotatable bonds is 2. The zero-order valence-corrected chi connectivity index (χ0v) is 10.4. The van der Waals surface area contributed by atoms with E-state index in [0.29, 0.717) is 19.6 Å². The van der Waals surface area contributed by atoms with Crippen molar-refractivity contribution in [2.45, 2.75) is 25.9 Å². The summed E-state index contributed by atoms with van der Waals surface area (Å²) in [6.45, 7) is 1.56. The monoisotopic (exact) mass is 262 g/mol. The molecule has 0 aliphatic carbocycles. The lowest BCUT2D eigenvalue weighted by atomic mass is 10.3. The molecule has 0 radical (unpaired) electrons. The largest absolute Gasteiger partial charge is 0.333 e. The van der Waals surface area contributed by atoms with Gasteiger partial charge in [-0.05, 0) is 6.07 Å². The number of carbonyl (C=O) groups is 3. The first-order valence-electron chi connectivity index (χ1n) is 6.27. The van der Waals surface area contributed by atoms with Crippen molar-refractivity contribution < 1.29 is 14.4 Å². The summed E-state index contributed by atoms with van der Waals surface area (Å²) in [5.41, 5.74) is 0.971. The second-order valence-corrected chi connectivity index (χ2v) is 4.73. The Balaban J connectivity index is 1.66. The zero-order chi connectivity index (χ0) is 13.4. The van der Waals surface area contributed by atoms with Gasteiger partial charge in [0.25, 0.3) is 0 Å². The lowest BCUT2D eigenvalue weighted by Crippen LogP contribution is -2.45. The van der Waals surface area contributed by atoms with Crippen LogP contribution in [0.2, 0.25) is 0 Å². The summed E-state index contributed by atoms with van der Waals surface area (Å²) in [4.78, 5) is 37.8. The molecule has 1 saturated heterocycles. The number of likely N-dealkylation sites (tertiary alicyclic amines) is 1. The van der Waals surface area contributed by atoms with Crippen molar-refractivity contribution in [2.75, 3.05) is 13.1 Å². The summed E-state index contributed by atoms with van der Waals surface area (Å²) in [6.07, 6.45) is 2.15. The zero-order valence-electron chi connectivity index (χ0n) is 10.4. The summed E-state index contributed by atoms with van der Waals surface area (Å²) in [6, 6.07) is 1.87. The first-order valence-corrected chi connectivity index (χ1v) is 6.27. The van der Waals surface area contributed by atoms with E-state index in [0.717, 1.165) is 10.6 Å². The van der Waals surface area contributed by atoms with Crippen molar-refractivity contribution in [3.8, 4) is 0 Å². The Hall–Kier alpha value is -2.18. The van der Waals surface area contributed by atoms with Crippen LogP contribution in [0.5, 0.6) is 0 Å². The van der Waals surface area contributed by atoms with Crippen molar-refractivity contribution in [1.82, 2.24) is 19.6 Å². The van der Waals surface area contributed by atoms with Gasteiger partial charge >= 0.3 is 0 Å². The third-order valence-corrected chi connectivity index (χ3v) is 3.54. The van der Waals surface area contributed by atoms with E-state index in [-0.39, 0.29) is 37.1 Å². The molecule has 3 heterocycles. The summed E-state index contributed by atoms with van der Waals surface area (Å²) in [7, 11) is 0. The molecule has 1 fully saturated rings. The number of nitrogens with zero attached hydrogens (tertiary/aromatic N) is 4. The van der Waals surface area contributed by atoms with Gasteiger partial charge in [-0.3, -0.25) is 24.0 Å². The van der Waals surface area contributed by atoms with Gasteiger partial charge in [-0.25, -0.2) is 0 Å². The fourth-order valence-electron chi connectivity index (χ4n) is 2.43. The van der Waals surface area contributed by atoms with Crippen LogP contribution in [-0.4, -0.2) is 50.4 Å². The quantitative estimate of drug-likeness (QED) is 0.665. The second-order valence-electron chi connectivity index (χ2n) is 4.73. The number of hydrogen-bond acceptors (Lipinski definition) is 4. The molecule has 0 unspecified atom stereocenters. The van der Waals surface area contributed by atoms with Crippen LogP contribution in [0, 0.1) is 0 Å². The Labute approximate surface area is 109 Å². The smallest absolute Gasteiger partial charge is 0.243 e. The molecule has 0 N–H and O–H groups in total. The molecule has 1 aromatic rings. The molecule has 0 atom stereocenters. The standard InChI is InChI=1S/C12H14N4O3/c17-10-1-2-11(18)15(10)8-12(19)14-5-6-16-9(7-14)3-4-13-16/h3-4H,1-2,5-8H2. The molecular weight excluding hydrogens is 248 g/mol. The van der Waals surface area contributed by atoms with E-state index in [2.05, 4.69) is 5.10 Å². The van der Waals surface area contributed by atoms with Gasteiger partial charge in [0, 0.05) is 25.6 Å². The highest BCUT2D eigenvalue weighted by molar-refractivity contribution is 6.04. The molecule has 0 aromatic carbocycles. The normalized spacial score (nSPS) is 18.9.